The summed E-state index contributed by atoms with van der Waals surface area (Å²) in [7, 11) is 0. The molecule has 0 spiro atoms. The number of hydrogen-bond acceptors (Lipinski definition) is 4. The summed E-state index contributed by atoms with van der Waals surface area (Å²) in [6.45, 7) is 7.20. The molecule has 114 valence electrons. The predicted octanol–water partition coefficient (Wildman–Crippen LogP) is 3.30. The highest BCUT2D eigenvalue weighted by atomic mass is 16.6. The van der Waals surface area contributed by atoms with Crippen molar-refractivity contribution in [3.63, 3.8) is 0 Å². The molecular formula is C17H22O4. The molecule has 1 heterocycles. The maximum Gasteiger partial charge on any atom is 0.310 e. The van der Waals surface area contributed by atoms with Crippen LogP contribution in [0.3, 0.4) is 0 Å². The van der Waals surface area contributed by atoms with Crippen LogP contribution in [0.5, 0.6) is 0 Å². The minimum Gasteiger partial charge on any atom is -0.457 e. The van der Waals surface area contributed by atoms with Gasteiger partial charge in [0, 0.05) is 6.92 Å². The zero-order chi connectivity index (χ0) is 15.6. The van der Waals surface area contributed by atoms with E-state index in [9.17, 15) is 9.59 Å². The van der Waals surface area contributed by atoms with E-state index in [-0.39, 0.29) is 29.9 Å². The van der Waals surface area contributed by atoms with Crippen LogP contribution < -0.4 is 0 Å². The molecule has 0 radical (unpaired) electrons. The Morgan fingerprint density at radius 3 is 2.76 bits per heavy atom. The zero-order valence-electron chi connectivity index (χ0n) is 13.0. The van der Waals surface area contributed by atoms with Crippen LogP contribution in [0.25, 0.3) is 0 Å². The van der Waals surface area contributed by atoms with Gasteiger partial charge in [0.25, 0.3) is 0 Å². The second-order valence-corrected chi connectivity index (χ2v) is 5.86. The standard InChI is InChI=1S/C17H22O4/c1-10-6-5-7-11(2)9-15-16(12(3)17(19)21-15)14(8-10)20-13(4)18/h6,8-9,12,15-16H,5,7H2,1-4H3. The summed E-state index contributed by atoms with van der Waals surface area (Å²) in [5.41, 5.74) is 2.21. The van der Waals surface area contributed by atoms with Crippen molar-refractivity contribution in [3.8, 4) is 0 Å². The van der Waals surface area contributed by atoms with Gasteiger partial charge in [0.15, 0.2) is 0 Å². The molecule has 0 bridgehead atoms. The fraction of sp³-hybridized carbons (Fsp3) is 0.529. The van der Waals surface area contributed by atoms with Crippen LogP contribution in [0.4, 0.5) is 0 Å². The molecule has 2 rings (SSSR count). The number of carbonyl (C=O) groups is 2. The lowest BCUT2D eigenvalue weighted by atomic mass is 9.87. The Balaban J connectivity index is 2.47. The van der Waals surface area contributed by atoms with Crippen LogP contribution in [0.15, 0.2) is 35.1 Å². The molecule has 0 aromatic carbocycles. The first-order valence-electron chi connectivity index (χ1n) is 7.33. The van der Waals surface area contributed by atoms with Crippen LogP contribution in [0, 0.1) is 11.8 Å². The van der Waals surface area contributed by atoms with E-state index in [1.165, 1.54) is 12.5 Å². The van der Waals surface area contributed by atoms with Crippen molar-refractivity contribution >= 4 is 11.9 Å². The highest BCUT2D eigenvalue weighted by Gasteiger charge is 2.44. The van der Waals surface area contributed by atoms with E-state index in [1.807, 2.05) is 32.9 Å². The fourth-order valence-corrected chi connectivity index (χ4v) is 2.83. The molecular weight excluding hydrogens is 268 g/mol. The van der Waals surface area contributed by atoms with E-state index in [0.717, 1.165) is 18.4 Å². The molecule has 3 atom stereocenters. The lowest BCUT2D eigenvalue weighted by molar-refractivity contribution is -0.142. The summed E-state index contributed by atoms with van der Waals surface area (Å²) < 4.78 is 10.8. The van der Waals surface area contributed by atoms with Gasteiger partial charge < -0.3 is 9.47 Å². The van der Waals surface area contributed by atoms with Gasteiger partial charge in [-0.3, -0.25) is 9.59 Å². The molecule has 21 heavy (non-hydrogen) atoms. The van der Waals surface area contributed by atoms with Crippen molar-refractivity contribution in [1.82, 2.24) is 0 Å². The number of carbonyl (C=O) groups excluding carboxylic acids is 2. The third-order valence-corrected chi connectivity index (χ3v) is 3.93. The Labute approximate surface area is 125 Å². The number of rotatable bonds is 1. The molecule has 0 saturated carbocycles. The van der Waals surface area contributed by atoms with Crippen LogP contribution in [0.2, 0.25) is 0 Å². The van der Waals surface area contributed by atoms with Gasteiger partial charge in [-0.25, -0.2) is 0 Å². The second-order valence-electron chi connectivity index (χ2n) is 5.86. The van der Waals surface area contributed by atoms with Gasteiger partial charge in [0.05, 0.1) is 11.8 Å². The lowest BCUT2D eigenvalue weighted by Crippen LogP contribution is -2.23. The molecule has 3 unspecified atom stereocenters. The fourth-order valence-electron chi connectivity index (χ4n) is 2.83. The Bertz CT molecular complexity index is 539. The molecule has 1 fully saturated rings. The highest BCUT2D eigenvalue weighted by Crippen LogP contribution is 2.37. The number of hydrogen-bond donors (Lipinski definition) is 0. The van der Waals surface area contributed by atoms with Crippen molar-refractivity contribution < 1.29 is 19.1 Å². The smallest absolute Gasteiger partial charge is 0.310 e. The van der Waals surface area contributed by atoms with E-state index in [0.29, 0.717) is 5.76 Å². The minimum absolute atomic E-state index is 0.243. The largest absolute Gasteiger partial charge is 0.457 e. The maximum atomic E-state index is 11.9. The van der Waals surface area contributed by atoms with E-state index in [1.54, 1.807) is 0 Å². The molecule has 2 aliphatic rings. The van der Waals surface area contributed by atoms with Crippen molar-refractivity contribution in [2.45, 2.75) is 46.6 Å². The molecule has 1 aliphatic heterocycles. The van der Waals surface area contributed by atoms with Crippen LogP contribution in [-0.2, 0) is 19.1 Å². The van der Waals surface area contributed by atoms with Crippen molar-refractivity contribution in [2.24, 2.45) is 11.8 Å². The molecule has 0 aromatic rings. The van der Waals surface area contributed by atoms with Crippen molar-refractivity contribution in [3.05, 3.63) is 35.1 Å². The zero-order valence-corrected chi connectivity index (χ0v) is 13.0. The Kier molecular flexibility index (Phi) is 4.66. The SMILES string of the molecule is CC(=O)OC1=CC(C)=CCCC(C)=CC2OC(=O)C(C)C12. The molecule has 1 saturated heterocycles. The predicted molar refractivity (Wildman–Crippen MR) is 79.1 cm³/mol. The number of ether oxygens (including phenoxy) is 2. The highest BCUT2D eigenvalue weighted by molar-refractivity contribution is 5.76. The maximum absolute atomic E-state index is 11.9. The lowest BCUT2D eigenvalue weighted by Gasteiger charge is -2.21. The monoisotopic (exact) mass is 290 g/mol. The summed E-state index contributed by atoms with van der Waals surface area (Å²) in [5.74, 6) is -0.676. The normalized spacial score (nSPS) is 29.6. The average molecular weight is 290 g/mol. The first-order chi connectivity index (χ1) is 9.88. The van der Waals surface area contributed by atoms with Gasteiger partial charge in [-0.05, 0) is 38.8 Å². The van der Waals surface area contributed by atoms with Gasteiger partial charge in [0.1, 0.15) is 11.9 Å². The van der Waals surface area contributed by atoms with Crippen molar-refractivity contribution in [1.29, 1.82) is 0 Å². The van der Waals surface area contributed by atoms with Gasteiger partial charge in [-0.1, -0.05) is 24.1 Å². The van der Waals surface area contributed by atoms with E-state index >= 15 is 0 Å². The summed E-state index contributed by atoms with van der Waals surface area (Å²) in [6.07, 6.45) is 7.44. The first kappa shape index (κ1) is 15.5. The third-order valence-electron chi connectivity index (χ3n) is 3.93. The average Bonchev–Trinajstić information content (AvgIpc) is 2.62. The van der Waals surface area contributed by atoms with Crippen LogP contribution in [0.1, 0.15) is 40.5 Å². The summed E-state index contributed by atoms with van der Waals surface area (Å²) in [4.78, 5) is 23.3. The quantitative estimate of drug-likeness (QED) is 0.549. The Hall–Kier alpha value is -1.84. The topological polar surface area (TPSA) is 52.6 Å². The van der Waals surface area contributed by atoms with Crippen LogP contribution >= 0.6 is 0 Å². The number of fused-ring (bicyclic) bond motifs is 1. The molecule has 0 amide bonds. The summed E-state index contributed by atoms with van der Waals surface area (Å²) in [5, 5.41) is 0. The van der Waals surface area contributed by atoms with Gasteiger partial charge in [-0.2, -0.15) is 0 Å². The van der Waals surface area contributed by atoms with Crippen molar-refractivity contribution in [2.75, 3.05) is 0 Å². The Morgan fingerprint density at radius 2 is 2.10 bits per heavy atom. The molecule has 4 heteroatoms. The second kappa shape index (κ2) is 6.29. The molecule has 0 N–H and O–H groups in total. The Morgan fingerprint density at radius 1 is 1.38 bits per heavy atom. The van der Waals surface area contributed by atoms with E-state index in [2.05, 4.69) is 6.08 Å². The van der Waals surface area contributed by atoms with Gasteiger partial charge in [-0.15, -0.1) is 0 Å². The molecule has 0 aromatic heterocycles. The first-order valence-corrected chi connectivity index (χ1v) is 7.33. The number of allylic oxidation sites excluding steroid dienone is 4. The summed E-state index contributed by atoms with van der Waals surface area (Å²) >= 11 is 0. The minimum atomic E-state index is -0.378. The van der Waals surface area contributed by atoms with Gasteiger partial charge in [0.2, 0.25) is 0 Å². The molecule has 4 nitrogen and oxygen atoms in total. The van der Waals surface area contributed by atoms with E-state index in [4.69, 9.17) is 9.47 Å². The number of esters is 2. The van der Waals surface area contributed by atoms with Gasteiger partial charge >= 0.3 is 11.9 Å². The van der Waals surface area contributed by atoms with E-state index < -0.39 is 0 Å². The summed E-state index contributed by atoms with van der Waals surface area (Å²) in [6, 6.07) is 0. The third kappa shape index (κ3) is 3.63. The molecule has 1 aliphatic carbocycles. The van der Waals surface area contributed by atoms with Crippen LogP contribution in [-0.4, -0.2) is 18.0 Å².